The zero-order chi connectivity index (χ0) is 13.5. The predicted molar refractivity (Wildman–Crippen MR) is 77.8 cm³/mol. The van der Waals surface area contributed by atoms with Gasteiger partial charge in [-0.1, -0.05) is 48.5 Å². The smallest absolute Gasteiger partial charge is 0.258 e. The second-order valence-corrected chi connectivity index (χ2v) is 4.94. The second kappa shape index (κ2) is 6.66. The van der Waals surface area contributed by atoms with Crippen molar-refractivity contribution in [1.29, 1.82) is 0 Å². The fourth-order valence-electron chi connectivity index (χ4n) is 1.69. The summed E-state index contributed by atoms with van der Waals surface area (Å²) in [5.41, 5.74) is 0.912. The normalized spacial score (nSPS) is 9.68. The van der Waals surface area contributed by atoms with Crippen LogP contribution in [-0.4, -0.2) is 4.92 Å². The van der Waals surface area contributed by atoms with Gasteiger partial charge in [-0.3, -0.25) is 10.1 Å². The lowest BCUT2D eigenvalue weighted by atomic mass is 10.1. The fourth-order valence-corrected chi connectivity index (χ4v) is 2.43. The van der Waals surface area contributed by atoms with Crippen molar-refractivity contribution in [2.45, 2.75) is 6.42 Å². The van der Waals surface area contributed by atoms with Crippen molar-refractivity contribution in [2.75, 3.05) is 0 Å². The number of benzene rings is 1. The van der Waals surface area contributed by atoms with E-state index in [1.807, 2.05) is 47.8 Å². The van der Waals surface area contributed by atoms with Crippen molar-refractivity contribution in [3.63, 3.8) is 0 Å². The van der Waals surface area contributed by atoms with Gasteiger partial charge in [-0.05, 0) is 11.4 Å². The summed E-state index contributed by atoms with van der Waals surface area (Å²) in [4.78, 5) is 11.7. The molecule has 2 rings (SSSR count). The molecule has 0 atom stereocenters. The van der Waals surface area contributed by atoms with E-state index in [0.29, 0.717) is 6.42 Å². The van der Waals surface area contributed by atoms with E-state index in [0.717, 1.165) is 10.4 Å². The van der Waals surface area contributed by atoms with Crippen molar-refractivity contribution in [2.24, 2.45) is 0 Å². The Morgan fingerprint density at radius 1 is 0.947 bits per heavy atom. The Labute approximate surface area is 115 Å². The highest BCUT2D eigenvalue weighted by Crippen LogP contribution is 2.21. The Morgan fingerprint density at radius 3 is 2.47 bits per heavy atom. The first-order chi connectivity index (χ1) is 9.27. The molecule has 0 aliphatic rings. The molecule has 2 aromatic rings. The fraction of sp³-hybridized carbons (Fsp3) is 0.0667. The van der Waals surface area contributed by atoms with Crippen molar-refractivity contribution in [3.05, 3.63) is 86.6 Å². The number of hydrogen-bond donors (Lipinski definition) is 0. The molecular weight excluding hydrogens is 258 g/mol. The lowest BCUT2D eigenvalue weighted by Crippen LogP contribution is -1.95. The number of nitro groups is 1. The average Bonchev–Trinajstić information content (AvgIpc) is 2.53. The molecule has 0 N–H and O–H groups in total. The van der Waals surface area contributed by atoms with Gasteiger partial charge in [0.25, 0.3) is 5.69 Å². The van der Waals surface area contributed by atoms with Crippen molar-refractivity contribution in [3.8, 4) is 0 Å². The van der Waals surface area contributed by atoms with E-state index in [-0.39, 0.29) is 10.6 Å². The SMILES string of the molecule is O=[N+]([O-])c1ccccc1Cc1cccccccs1. The molecule has 1 aromatic carbocycles. The van der Waals surface area contributed by atoms with Crippen LogP contribution >= 0.6 is 11.3 Å². The Hall–Kier alpha value is -2.20. The summed E-state index contributed by atoms with van der Waals surface area (Å²) < 4.78 is 0. The van der Waals surface area contributed by atoms with Crippen LogP contribution in [0.15, 0.2) is 66.0 Å². The van der Waals surface area contributed by atoms with E-state index in [4.69, 9.17) is 0 Å². The third kappa shape index (κ3) is 3.89. The summed E-state index contributed by atoms with van der Waals surface area (Å²) in [7, 11) is 0. The quantitative estimate of drug-likeness (QED) is 0.614. The summed E-state index contributed by atoms with van der Waals surface area (Å²) in [5.74, 6) is 0. The molecule has 4 heteroatoms. The summed E-state index contributed by atoms with van der Waals surface area (Å²) in [6, 6.07) is 18.6. The summed E-state index contributed by atoms with van der Waals surface area (Å²) in [6.07, 6.45) is 0.566. The van der Waals surface area contributed by atoms with Gasteiger partial charge < -0.3 is 0 Å². The van der Waals surface area contributed by atoms with Crippen molar-refractivity contribution in [1.82, 2.24) is 0 Å². The maximum atomic E-state index is 11.0. The molecule has 1 heterocycles. The second-order valence-electron chi connectivity index (χ2n) is 3.91. The number of nitrogens with zero attached hydrogens (tertiary/aromatic N) is 1. The zero-order valence-electron chi connectivity index (χ0n) is 10.2. The average molecular weight is 271 g/mol. The Morgan fingerprint density at radius 2 is 1.63 bits per heavy atom. The van der Waals surface area contributed by atoms with E-state index >= 15 is 0 Å². The molecule has 0 saturated heterocycles. The monoisotopic (exact) mass is 271 g/mol. The van der Waals surface area contributed by atoms with E-state index < -0.39 is 0 Å². The van der Waals surface area contributed by atoms with E-state index in [1.165, 1.54) is 0 Å². The summed E-state index contributed by atoms with van der Waals surface area (Å²) in [6.45, 7) is 0. The maximum absolute atomic E-state index is 11.0. The van der Waals surface area contributed by atoms with E-state index in [1.54, 1.807) is 29.5 Å². The van der Waals surface area contributed by atoms with Gasteiger partial charge in [0, 0.05) is 22.9 Å². The van der Waals surface area contributed by atoms with Crippen LogP contribution < -0.4 is 0 Å². The molecular formula is C15H13NO2S. The van der Waals surface area contributed by atoms with Crippen LogP contribution in [0.4, 0.5) is 5.69 Å². The van der Waals surface area contributed by atoms with Gasteiger partial charge >= 0.3 is 0 Å². The molecule has 19 heavy (non-hydrogen) atoms. The maximum Gasteiger partial charge on any atom is 0.272 e. The molecule has 0 aliphatic carbocycles. The topological polar surface area (TPSA) is 43.1 Å². The van der Waals surface area contributed by atoms with E-state index in [2.05, 4.69) is 0 Å². The highest BCUT2D eigenvalue weighted by atomic mass is 32.1. The van der Waals surface area contributed by atoms with E-state index in [9.17, 15) is 10.1 Å². The van der Waals surface area contributed by atoms with Crippen LogP contribution in [0.5, 0.6) is 0 Å². The van der Waals surface area contributed by atoms with Gasteiger partial charge in [-0.25, -0.2) is 0 Å². The molecule has 0 amide bonds. The highest BCUT2D eigenvalue weighted by Gasteiger charge is 2.12. The third-order valence-electron chi connectivity index (χ3n) is 2.58. The molecule has 96 valence electrons. The van der Waals surface area contributed by atoms with Gasteiger partial charge in [0.15, 0.2) is 0 Å². The number of hydrogen-bond acceptors (Lipinski definition) is 3. The van der Waals surface area contributed by atoms with Gasteiger partial charge in [0.1, 0.15) is 0 Å². The summed E-state index contributed by atoms with van der Waals surface area (Å²) in [5, 5.41) is 13.0. The molecule has 0 bridgehead atoms. The van der Waals surface area contributed by atoms with Crippen LogP contribution in [0.2, 0.25) is 0 Å². The molecule has 0 unspecified atom stereocenters. The van der Waals surface area contributed by atoms with Crippen molar-refractivity contribution < 1.29 is 4.92 Å². The molecule has 0 aliphatic heterocycles. The standard InChI is InChI=1S/C15H13NO2S/c17-16(18)15-10-6-5-8-13(15)12-14-9-4-2-1-3-7-11-19-14/h1-11H,12H2. The highest BCUT2D eigenvalue weighted by molar-refractivity contribution is 7.09. The zero-order valence-corrected chi connectivity index (χ0v) is 11.0. The number of nitro benzene ring substituents is 1. The number of para-hydroxylation sites is 1. The van der Waals surface area contributed by atoms with Crippen molar-refractivity contribution >= 4 is 17.0 Å². The largest absolute Gasteiger partial charge is 0.272 e. The lowest BCUT2D eigenvalue weighted by Gasteiger charge is -2.01. The molecule has 0 saturated carbocycles. The first kappa shape index (κ1) is 13.2. The van der Waals surface area contributed by atoms with Crippen LogP contribution in [0.25, 0.3) is 0 Å². The van der Waals surface area contributed by atoms with Crippen LogP contribution in [-0.2, 0) is 6.42 Å². The third-order valence-corrected chi connectivity index (χ3v) is 3.45. The van der Waals surface area contributed by atoms with Gasteiger partial charge in [0.2, 0.25) is 0 Å². The first-order valence-electron chi connectivity index (χ1n) is 5.85. The van der Waals surface area contributed by atoms with Gasteiger partial charge in [-0.2, -0.15) is 0 Å². The Balaban J connectivity index is 2.37. The number of rotatable bonds is 3. The molecule has 3 nitrogen and oxygen atoms in total. The first-order valence-corrected chi connectivity index (χ1v) is 6.73. The predicted octanol–water partition coefficient (Wildman–Crippen LogP) is 4.37. The summed E-state index contributed by atoms with van der Waals surface area (Å²) >= 11 is 1.58. The van der Waals surface area contributed by atoms with Crippen LogP contribution in [0.3, 0.4) is 0 Å². The minimum absolute atomic E-state index is 0.176. The minimum atomic E-state index is -0.330. The molecule has 0 fully saturated rings. The van der Waals surface area contributed by atoms with Crippen LogP contribution in [0.1, 0.15) is 10.4 Å². The lowest BCUT2D eigenvalue weighted by molar-refractivity contribution is -0.385. The van der Waals surface area contributed by atoms with Gasteiger partial charge in [-0.15, -0.1) is 11.3 Å². The Bertz CT molecular complexity index is 597. The molecule has 0 spiro atoms. The molecule has 1 aromatic heterocycles. The minimum Gasteiger partial charge on any atom is -0.258 e. The van der Waals surface area contributed by atoms with Crippen LogP contribution in [0, 0.1) is 10.1 Å². The van der Waals surface area contributed by atoms with Gasteiger partial charge in [0.05, 0.1) is 4.92 Å². The Kier molecular flexibility index (Phi) is 4.64. The molecule has 0 radical (unpaired) electrons.